The van der Waals surface area contributed by atoms with Crippen LogP contribution in [0.5, 0.6) is 0 Å². The molecule has 0 amide bonds. The summed E-state index contributed by atoms with van der Waals surface area (Å²) in [5.41, 5.74) is 0. The first-order valence-electron chi connectivity index (χ1n) is 21.9. The van der Waals surface area contributed by atoms with Gasteiger partial charge in [-0.3, -0.25) is 9.59 Å². The Kier molecular flexibility index (Phi) is 40.4. The molecule has 0 rings (SSSR count). The molecule has 0 N–H and O–H groups in total. The number of hydrogen-bond donors (Lipinski definition) is 0. The predicted octanol–water partition coefficient (Wildman–Crippen LogP) is 14.1. The van der Waals surface area contributed by atoms with E-state index in [0.29, 0.717) is 19.4 Å². The highest BCUT2D eigenvalue weighted by Crippen LogP contribution is 2.13. The minimum atomic E-state index is -0.532. The molecular formula is C45H84O5. The number of ether oxygens (including phenoxy) is 3. The highest BCUT2D eigenvalue weighted by molar-refractivity contribution is 5.70. The van der Waals surface area contributed by atoms with E-state index in [1.165, 1.54) is 141 Å². The van der Waals surface area contributed by atoms with Crippen LogP contribution in [0.25, 0.3) is 0 Å². The molecule has 0 heterocycles. The van der Waals surface area contributed by atoms with E-state index in [2.05, 4.69) is 45.1 Å². The van der Waals surface area contributed by atoms with E-state index < -0.39 is 6.10 Å². The number of esters is 2. The van der Waals surface area contributed by atoms with E-state index >= 15 is 0 Å². The van der Waals surface area contributed by atoms with Gasteiger partial charge < -0.3 is 14.2 Å². The second-order valence-electron chi connectivity index (χ2n) is 14.6. The highest BCUT2D eigenvalue weighted by Gasteiger charge is 2.17. The van der Waals surface area contributed by atoms with Crippen molar-refractivity contribution < 1.29 is 23.8 Å². The number of carbonyl (C=O) groups excluding carboxylic acids is 2. The molecule has 0 aromatic heterocycles. The number of allylic oxidation sites excluding steroid dienone is 4. The van der Waals surface area contributed by atoms with Gasteiger partial charge in [0, 0.05) is 19.4 Å². The lowest BCUT2D eigenvalue weighted by Crippen LogP contribution is -2.30. The number of unbranched alkanes of at least 4 members (excludes halogenated alkanes) is 25. The van der Waals surface area contributed by atoms with Crippen LogP contribution in [0.1, 0.15) is 226 Å². The zero-order valence-corrected chi connectivity index (χ0v) is 33.7. The summed E-state index contributed by atoms with van der Waals surface area (Å²) in [7, 11) is 0. The molecule has 50 heavy (non-hydrogen) atoms. The smallest absolute Gasteiger partial charge is 0.306 e. The number of hydrogen-bond acceptors (Lipinski definition) is 5. The van der Waals surface area contributed by atoms with Gasteiger partial charge >= 0.3 is 11.9 Å². The maximum absolute atomic E-state index is 12.6. The lowest BCUT2D eigenvalue weighted by atomic mass is 10.1. The Bertz CT molecular complexity index is 761. The largest absolute Gasteiger partial charge is 0.462 e. The fourth-order valence-corrected chi connectivity index (χ4v) is 6.13. The molecule has 1 atom stereocenters. The van der Waals surface area contributed by atoms with Gasteiger partial charge in [-0.2, -0.15) is 0 Å². The molecule has 0 radical (unpaired) electrons. The average molecular weight is 705 g/mol. The van der Waals surface area contributed by atoms with Crippen LogP contribution in [0.15, 0.2) is 24.3 Å². The molecule has 0 bridgehead atoms. The van der Waals surface area contributed by atoms with E-state index in [1.807, 2.05) is 0 Å². The normalized spacial score (nSPS) is 12.3. The van der Waals surface area contributed by atoms with Gasteiger partial charge in [-0.25, -0.2) is 0 Å². The molecule has 0 aromatic carbocycles. The number of rotatable bonds is 40. The molecular weight excluding hydrogens is 620 g/mol. The SMILES string of the molecule is CCCC/C=C\CCCCCCCC(=O)OCC(COCCCCCCCC/C=C\CCCCCCCC)OC(=O)CCCCCCCCC. The highest BCUT2D eigenvalue weighted by atomic mass is 16.6. The summed E-state index contributed by atoms with van der Waals surface area (Å²) < 4.78 is 17.2. The van der Waals surface area contributed by atoms with E-state index in [1.54, 1.807) is 0 Å². The van der Waals surface area contributed by atoms with Crippen molar-refractivity contribution in [2.24, 2.45) is 0 Å². The quantitative estimate of drug-likeness (QED) is 0.0361. The summed E-state index contributed by atoms with van der Waals surface area (Å²) in [5.74, 6) is -0.411. The molecule has 0 saturated carbocycles. The Morgan fingerprint density at radius 1 is 0.420 bits per heavy atom. The maximum atomic E-state index is 12.6. The summed E-state index contributed by atoms with van der Waals surface area (Å²) in [6, 6.07) is 0. The Morgan fingerprint density at radius 3 is 1.28 bits per heavy atom. The summed E-state index contributed by atoms with van der Waals surface area (Å²) in [4.78, 5) is 25.0. The van der Waals surface area contributed by atoms with Crippen LogP contribution in [0.4, 0.5) is 0 Å². The van der Waals surface area contributed by atoms with Crippen LogP contribution in [0, 0.1) is 0 Å². The van der Waals surface area contributed by atoms with Gasteiger partial charge in [0.05, 0.1) is 6.61 Å². The standard InChI is InChI=1S/C45H84O5/c1-4-7-10-13-16-18-20-21-22-23-24-26-28-31-34-37-40-48-41-43(50-45(47)39-36-33-29-15-12-9-6-3)42-49-44(46)38-35-32-30-27-25-19-17-14-11-8-5-2/h14,17,21-22,43H,4-13,15-16,18-20,23-42H2,1-3H3/b17-14-,22-21-. The van der Waals surface area contributed by atoms with Crippen LogP contribution >= 0.6 is 0 Å². The average Bonchev–Trinajstić information content (AvgIpc) is 3.11. The van der Waals surface area contributed by atoms with E-state index in [4.69, 9.17) is 14.2 Å². The van der Waals surface area contributed by atoms with Crippen molar-refractivity contribution in [3.05, 3.63) is 24.3 Å². The molecule has 1 unspecified atom stereocenters. The lowest BCUT2D eigenvalue weighted by molar-refractivity contribution is -0.163. The zero-order chi connectivity index (χ0) is 36.4. The molecule has 0 aliphatic heterocycles. The van der Waals surface area contributed by atoms with Gasteiger partial charge in [0.15, 0.2) is 6.10 Å². The van der Waals surface area contributed by atoms with Crippen molar-refractivity contribution >= 4 is 11.9 Å². The molecule has 0 aromatic rings. The van der Waals surface area contributed by atoms with Crippen molar-refractivity contribution in [3.8, 4) is 0 Å². The Morgan fingerprint density at radius 2 is 0.800 bits per heavy atom. The third-order valence-electron chi connectivity index (χ3n) is 9.46. The molecule has 5 nitrogen and oxygen atoms in total. The molecule has 0 fully saturated rings. The van der Waals surface area contributed by atoms with Gasteiger partial charge in [0.2, 0.25) is 0 Å². The van der Waals surface area contributed by atoms with Crippen molar-refractivity contribution in [1.82, 2.24) is 0 Å². The Hall–Kier alpha value is -1.62. The van der Waals surface area contributed by atoms with Crippen molar-refractivity contribution in [1.29, 1.82) is 0 Å². The van der Waals surface area contributed by atoms with Crippen LogP contribution in [0.3, 0.4) is 0 Å². The second-order valence-corrected chi connectivity index (χ2v) is 14.6. The Labute approximate surface area is 311 Å². The van der Waals surface area contributed by atoms with Gasteiger partial charge in [0.25, 0.3) is 0 Å². The van der Waals surface area contributed by atoms with Crippen molar-refractivity contribution in [3.63, 3.8) is 0 Å². The molecule has 294 valence electrons. The summed E-state index contributed by atoms with van der Waals surface area (Å²) in [6.07, 6.45) is 46.1. The van der Waals surface area contributed by atoms with Gasteiger partial charge in [-0.1, -0.05) is 173 Å². The fourth-order valence-electron chi connectivity index (χ4n) is 6.13. The minimum Gasteiger partial charge on any atom is -0.462 e. The van der Waals surface area contributed by atoms with Crippen molar-refractivity contribution in [2.75, 3.05) is 19.8 Å². The van der Waals surface area contributed by atoms with Gasteiger partial charge in [0.1, 0.15) is 6.61 Å². The van der Waals surface area contributed by atoms with Crippen LogP contribution in [-0.4, -0.2) is 37.9 Å². The van der Waals surface area contributed by atoms with Crippen LogP contribution in [0.2, 0.25) is 0 Å². The molecule has 0 spiro atoms. The number of carbonyl (C=O) groups is 2. The first-order valence-corrected chi connectivity index (χ1v) is 21.9. The first kappa shape index (κ1) is 48.4. The fraction of sp³-hybridized carbons (Fsp3) is 0.867. The van der Waals surface area contributed by atoms with Crippen LogP contribution in [-0.2, 0) is 23.8 Å². The minimum absolute atomic E-state index is 0.0827. The van der Waals surface area contributed by atoms with E-state index in [-0.39, 0.29) is 25.2 Å². The molecule has 5 heteroatoms. The van der Waals surface area contributed by atoms with Gasteiger partial charge in [-0.05, 0) is 64.2 Å². The summed E-state index contributed by atoms with van der Waals surface area (Å²) in [5, 5.41) is 0. The van der Waals surface area contributed by atoms with Crippen molar-refractivity contribution in [2.45, 2.75) is 232 Å². The molecule has 0 saturated heterocycles. The van der Waals surface area contributed by atoms with Crippen LogP contribution < -0.4 is 0 Å². The van der Waals surface area contributed by atoms with E-state index in [9.17, 15) is 9.59 Å². The summed E-state index contributed by atoms with van der Waals surface area (Å²) in [6.45, 7) is 7.74. The first-order chi connectivity index (χ1) is 24.6. The zero-order valence-electron chi connectivity index (χ0n) is 33.7. The maximum Gasteiger partial charge on any atom is 0.306 e. The van der Waals surface area contributed by atoms with Gasteiger partial charge in [-0.15, -0.1) is 0 Å². The predicted molar refractivity (Wildman–Crippen MR) is 215 cm³/mol. The summed E-state index contributed by atoms with van der Waals surface area (Å²) >= 11 is 0. The Balaban J connectivity index is 4.15. The third-order valence-corrected chi connectivity index (χ3v) is 9.46. The monoisotopic (exact) mass is 705 g/mol. The molecule has 0 aliphatic carbocycles. The topological polar surface area (TPSA) is 61.8 Å². The lowest BCUT2D eigenvalue weighted by Gasteiger charge is -2.18. The molecule has 0 aliphatic rings. The third kappa shape index (κ3) is 39.2. The second kappa shape index (κ2) is 41.8. The van der Waals surface area contributed by atoms with E-state index in [0.717, 1.165) is 51.4 Å².